The quantitative estimate of drug-likeness (QED) is 0.426. The van der Waals surface area contributed by atoms with Crippen molar-refractivity contribution in [3.05, 3.63) is 82.9 Å². The zero-order valence-electron chi connectivity index (χ0n) is 17.8. The van der Waals surface area contributed by atoms with Crippen molar-refractivity contribution < 1.29 is 9.47 Å². The van der Waals surface area contributed by atoms with Gasteiger partial charge in [-0.15, -0.1) is 11.8 Å². The second-order valence-electron chi connectivity index (χ2n) is 7.48. The Morgan fingerprint density at radius 3 is 2.44 bits per heavy atom. The minimum absolute atomic E-state index is 0.104. The number of H-pyrrole nitrogens is 1. The van der Waals surface area contributed by atoms with E-state index in [4.69, 9.17) is 9.47 Å². The fraction of sp³-hybridized carbons (Fsp3) is 0.154. The van der Waals surface area contributed by atoms with Gasteiger partial charge in [-0.05, 0) is 35.7 Å². The third-order valence-electron chi connectivity index (χ3n) is 5.62. The molecule has 5 rings (SSSR count). The minimum atomic E-state index is -0.104. The van der Waals surface area contributed by atoms with Gasteiger partial charge in [-0.25, -0.2) is 0 Å². The highest BCUT2D eigenvalue weighted by molar-refractivity contribution is 8.08. The van der Waals surface area contributed by atoms with E-state index in [0.29, 0.717) is 22.6 Å². The van der Waals surface area contributed by atoms with Crippen LogP contribution in [-0.2, 0) is 0 Å². The molecular formula is C26H22N2O3S. The Kier molecular flexibility index (Phi) is 5.45. The van der Waals surface area contributed by atoms with Crippen LogP contribution in [0.4, 0.5) is 0 Å². The largest absolute Gasteiger partial charge is 0.493 e. The van der Waals surface area contributed by atoms with Crippen LogP contribution in [0, 0.1) is 0 Å². The molecule has 2 aromatic carbocycles. The number of pyridine rings is 2. The molecule has 0 saturated heterocycles. The average Bonchev–Trinajstić information content (AvgIpc) is 3.37. The summed E-state index contributed by atoms with van der Waals surface area (Å²) in [6, 6.07) is 16.0. The van der Waals surface area contributed by atoms with Gasteiger partial charge < -0.3 is 14.5 Å². The number of hydrogen-bond acceptors (Lipinski definition) is 5. The lowest BCUT2D eigenvalue weighted by Gasteiger charge is -2.16. The maximum absolute atomic E-state index is 13.3. The number of fused-ring (bicyclic) bond motifs is 1. The highest BCUT2D eigenvalue weighted by atomic mass is 32.2. The van der Waals surface area contributed by atoms with Crippen molar-refractivity contribution in [1.29, 1.82) is 0 Å². The molecule has 1 aliphatic rings. The molecule has 5 nitrogen and oxygen atoms in total. The zero-order chi connectivity index (χ0) is 22.1. The Balaban J connectivity index is 1.84. The lowest BCUT2D eigenvalue weighted by atomic mass is 9.93. The van der Waals surface area contributed by atoms with Crippen LogP contribution in [0.3, 0.4) is 0 Å². The maximum Gasteiger partial charge on any atom is 0.257 e. The summed E-state index contributed by atoms with van der Waals surface area (Å²) in [5, 5.41) is 0.911. The Bertz CT molecular complexity index is 1390. The van der Waals surface area contributed by atoms with Gasteiger partial charge in [0.2, 0.25) is 0 Å². The van der Waals surface area contributed by atoms with Gasteiger partial charge in [-0.3, -0.25) is 9.78 Å². The standard InChI is InChI=1S/C26H22N2O3S/c1-30-21-13-19-20(14-22(21)31-2)28-26(29)25(23-9-5-11-32-23)24(19)17-7-3-6-16(12-17)18-8-4-10-27-15-18/h3-4,6-10,12-15H,5,11H2,1-2H3,(H,28,29). The summed E-state index contributed by atoms with van der Waals surface area (Å²) in [6.45, 7) is 0. The summed E-state index contributed by atoms with van der Waals surface area (Å²) in [5.74, 6) is 2.18. The molecule has 3 heterocycles. The number of rotatable bonds is 5. The first-order chi connectivity index (χ1) is 15.7. The summed E-state index contributed by atoms with van der Waals surface area (Å²) in [6.07, 6.45) is 6.72. The first-order valence-corrected chi connectivity index (χ1v) is 11.3. The number of ether oxygens (including phenoxy) is 2. The SMILES string of the molecule is COc1cc2[nH]c(=O)c(C3=CCCS3)c(-c3cccc(-c4cccnc4)c3)c2cc1OC. The van der Waals surface area contributed by atoms with Crippen molar-refractivity contribution in [1.82, 2.24) is 9.97 Å². The van der Waals surface area contributed by atoms with Gasteiger partial charge in [0.15, 0.2) is 11.5 Å². The van der Waals surface area contributed by atoms with Crippen molar-refractivity contribution in [3.63, 3.8) is 0 Å². The fourth-order valence-corrected chi connectivity index (χ4v) is 5.17. The van der Waals surface area contributed by atoms with E-state index in [1.165, 1.54) is 0 Å². The van der Waals surface area contributed by atoms with Gasteiger partial charge in [-0.2, -0.15) is 0 Å². The van der Waals surface area contributed by atoms with Crippen molar-refractivity contribution in [2.45, 2.75) is 6.42 Å². The van der Waals surface area contributed by atoms with Crippen LogP contribution >= 0.6 is 11.8 Å². The van der Waals surface area contributed by atoms with Gasteiger partial charge >= 0.3 is 0 Å². The van der Waals surface area contributed by atoms with Crippen LogP contribution in [-0.4, -0.2) is 29.9 Å². The van der Waals surface area contributed by atoms with Gasteiger partial charge in [0.25, 0.3) is 5.56 Å². The molecule has 0 aliphatic carbocycles. The molecule has 2 aromatic heterocycles. The Morgan fingerprint density at radius 2 is 1.72 bits per heavy atom. The predicted molar refractivity (Wildman–Crippen MR) is 131 cm³/mol. The predicted octanol–water partition coefficient (Wildman–Crippen LogP) is 5.75. The lowest BCUT2D eigenvalue weighted by molar-refractivity contribution is 0.356. The number of aromatic amines is 1. The number of thioether (sulfide) groups is 1. The highest BCUT2D eigenvalue weighted by Gasteiger charge is 2.22. The minimum Gasteiger partial charge on any atom is -0.493 e. The first kappa shape index (κ1) is 20.4. The number of allylic oxidation sites excluding steroid dienone is 1. The second kappa shape index (κ2) is 8.55. The van der Waals surface area contributed by atoms with E-state index in [-0.39, 0.29) is 5.56 Å². The Morgan fingerprint density at radius 1 is 0.938 bits per heavy atom. The van der Waals surface area contributed by atoms with E-state index in [2.05, 4.69) is 34.2 Å². The first-order valence-electron chi connectivity index (χ1n) is 10.4. The third-order valence-corrected chi connectivity index (χ3v) is 6.74. The van der Waals surface area contributed by atoms with E-state index in [1.54, 1.807) is 32.2 Å². The molecule has 0 bridgehead atoms. The van der Waals surface area contributed by atoms with E-state index in [1.807, 2.05) is 36.5 Å². The molecule has 0 spiro atoms. The van der Waals surface area contributed by atoms with E-state index < -0.39 is 0 Å². The molecule has 0 atom stereocenters. The van der Waals surface area contributed by atoms with Gasteiger partial charge in [0.1, 0.15) is 0 Å². The van der Waals surface area contributed by atoms with Crippen molar-refractivity contribution in [3.8, 4) is 33.8 Å². The van der Waals surface area contributed by atoms with Gasteiger partial charge in [-0.1, -0.05) is 30.3 Å². The zero-order valence-corrected chi connectivity index (χ0v) is 18.7. The number of nitrogens with one attached hydrogen (secondary N) is 1. The number of methoxy groups -OCH3 is 2. The molecule has 0 amide bonds. The molecule has 32 heavy (non-hydrogen) atoms. The Labute approximate surface area is 190 Å². The second-order valence-corrected chi connectivity index (χ2v) is 8.62. The summed E-state index contributed by atoms with van der Waals surface area (Å²) in [4.78, 5) is 21.7. The van der Waals surface area contributed by atoms with Crippen molar-refractivity contribution in [2.24, 2.45) is 0 Å². The van der Waals surface area contributed by atoms with Crippen LogP contribution in [0.25, 0.3) is 38.1 Å². The van der Waals surface area contributed by atoms with Crippen molar-refractivity contribution in [2.75, 3.05) is 20.0 Å². The van der Waals surface area contributed by atoms with E-state index in [9.17, 15) is 4.79 Å². The van der Waals surface area contributed by atoms with Crippen LogP contribution in [0.15, 0.2) is 71.8 Å². The van der Waals surface area contributed by atoms with Crippen LogP contribution in [0.1, 0.15) is 12.0 Å². The molecule has 0 unspecified atom stereocenters. The topological polar surface area (TPSA) is 64.2 Å². The normalized spacial score (nSPS) is 13.2. The van der Waals surface area contributed by atoms with E-state index >= 15 is 0 Å². The summed E-state index contributed by atoms with van der Waals surface area (Å²) >= 11 is 1.72. The number of hydrogen-bond donors (Lipinski definition) is 1. The summed E-state index contributed by atoms with van der Waals surface area (Å²) in [5.41, 5.74) is 5.25. The maximum atomic E-state index is 13.3. The molecule has 1 aliphatic heterocycles. The van der Waals surface area contributed by atoms with E-state index in [0.717, 1.165) is 44.7 Å². The fourth-order valence-electron chi connectivity index (χ4n) is 4.14. The average molecular weight is 443 g/mol. The van der Waals surface area contributed by atoms with Gasteiger partial charge in [0, 0.05) is 45.6 Å². The van der Waals surface area contributed by atoms with Crippen LogP contribution < -0.4 is 15.0 Å². The molecule has 0 fully saturated rings. The monoisotopic (exact) mass is 442 g/mol. The molecule has 1 N–H and O–H groups in total. The number of aromatic nitrogens is 2. The molecule has 0 radical (unpaired) electrons. The lowest BCUT2D eigenvalue weighted by Crippen LogP contribution is -2.13. The molecule has 160 valence electrons. The number of nitrogens with zero attached hydrogens (tertiary/aromatic N) is 1. The molecule has 0 saturated carbocycles. The van der Waals surface area contributed by atoms with Crippen molar-refractivity contribution >= 4 is 27.6 Å². The highest BCUT2D eigenvalue weighted by Crippen LogP contribution is 2.43. The summed E-state index contributed by atoms with van der Waals surface area (Å²) < 4.78 is 11.0. The van der Waals surface area contributed by atoms with Crippen LogP contribution in [0.5, 0.6) is 11.5 Å². The Hall–Kier alpha value is -3.51. The molecule has 6 heteroatoms. The van der Waals surface area contributed by atoms with Crippen LogP contribution in [0.2, 0.25) is 0 Å². The molecular weight excluding hydrogens is 420 g/mol. The number of benzene rings is 2. The summed E-state index contributed by atoms with van der Waals surface area (Å²) in [7, 11) is 3.21. The smallest absolute Gasteiger partial charge is 0.257 e. The molecule has 4 aromatic rings. The van der Waals surface area contributed by atoms with Gasteiger partial charge in [0.05, 0.1) is 25.3 Å². The third kappa shape index (κ3) is 3.56.